The Hall–Kier alpha value is -2.33. The third kappa shape index (κ3) is 5.42. The van der Waals surface area contributed by atoms with Gasteiger partial charge in [-0.1, -0.05) is 30.3 Å². The highest BCUT2D eigenvalue weighted by Gasteiger charge is 2.11. The van der Waals surface area contributed by atoms with Crippen LogP contribution in [-0.2, 0) is 4.74 Å². The summed E-state index contributed by atoms with van der Waals surface area (Å²) in [6, 6.07) is 17.0. The van der Waals surface area contributed by atoms with Gasteiger partial charge in [-0.05, 0) is 43.7 Å². The molecule has 2 aromatic rings. The van der Waals surface area contributed by atoms with Crippen LogP contribution in [0.4, 0.5) is 0 Å². The van der Waals surface area contributed by atoms with E-state index in [1.54, 1.807) is 24.3 Å². The zero-order valence-electron chi connectivity index (χ0n) is 13.6. The van der Waals surface area contributed by atoms with Crippen molar-refractivity contribution < 1.29 is 14.3 Å². The van der Waals surface area contributed by atoms with Crippen LogP contribution in [0.25, 0.3) is 0 Å². The van der Waals surface area contributed by atoms with E-state index in [-0.39, 0.29) is 11.9 Å². The Kier molecular flexibility index (Phi) is 6.63. The van der Waals surface area contributed by atoms with Crippen LogP contribution in [0.2, 0.25) is 0 Å². The first-order valence-corrected chi connectivity index (χ1v) is 7.87. The summed E-state index contributed by atoms with van der Waals surface area (Å²) in [5, 5.41) is 2.99. The van der Waals surface area contributed by atoms with Crippen molar-refractivity contribution in [3.8, 4) is 5.75 Å². The monoisotopic (exact) mass is 313 g/mol. The van der Waals surface area contributed by atoms with Crippen LogP contribution in [0.1, 0.15) is 35.8 Å². The minimum Gasteiger partial charge on any atom is -0.491 e. The fourth-order valence-corrected chi connectivity index (χ4v) is 2.17. The van der Waals surface area contributed by atoms with Crippen molar-refractivity contribution in [2.45, 2.75) is 19.9 Å². The molecule has 1 atom stereocenters. The number of nitrogens with one attached hydrogen (secondary N) is 1. The van der Waals surface area contributed by atoms with Gasteiger partial charge in [-0.2, -0.15) is 0 Å². The van der Waals surface area contributed by atoms with E-state index in [9.17, 15) is 4.79 Å². The molecule has 0 radical (unpaired) electrons. The first-order valence-electron chi connectivity index (χ1n) is 7.87. The van der Waals surface area contributed by atoms with Crippen LogP contribution >= 0.6 is 0 Å². The van der Waals surface area contributed by atoms with Gasteiger partial charge in [0.25, 0.3) is 5.91 Å². The molecule has 0 fully saturated rings. The lowest BCUT2D eigenvalue weighted by molar-refractivity contribution is 0.0939. The summed E-state index contributed by atoms with van der Waals surface area (Å²) >= 11 is 0. The maximum atomic E-state index is 12.3. The summed E-state index contributed by atoms with van der Waals surface area (Å²) < 4.78 is 10.8. The summed E-state index contributed by atoms with van der Waals surface area (Å²) in [5.74, 6) is 0.639. The average Bonchev–Trinajstić information content (AvgIpc) is 2.60. The van der Waals surface area contributed by atoms with Crippen LogP contribution in [0, 0.1) is 0 Å². The van der Waals surface area contributed by atoms with E-state index in [1.807, 2.05) is 44.2 Å². The minimum atomic E-state index is -0.0952. The SMILES string of the molecule is CCOCCOc1ccc(C(=O)N[C@@H](C)c2ccccc2)cc1. The van der Waals surface area contributed by atoms with Gasteiger partial charge >= 0.3 is 0 Å². The number of hydrogen-bond acceptors (Lipinski definition) is 3. The standard InChI is InChI=1S/C19H23NO3/c1-3-22-13-14-23-18-11-9-17(10-12-18)19(21)20-15(2)16-7-5-4-6-8-16/h4-12,15H,3,13-14H2,1-2H3,(H,20,21)/t15-/m0/s1. The zero-order valence-corrected chi connectivity index (χ0v) is 13.6. The quantitative estimate of drug-likeness (QED) is 0.758. The maximum absolute atomic E-state index is 12.3. The van der Waals surface area contributed by atoms with Crippen LogP contribution in [0.15, 0.2) is 54.6 Å². The average molecular weight is 313 g/mol. The molecule has 4 heteroatoms. The molecule has 0 spiro atoms. The number of benzene rings is 2. The van der Waals surface area contributed by atoms with E-state index < -0.39 is 0 Å². The summed E-state index contributed by atoms with van der Waals surface area (Å²) in [6.07, 6.45) is 0. The van der Waals surface area contributed by atoms with Gasteiger partial charge in [-0.15, -0.1) is 0 Å². The van der Waals surface area contributed by atoms with E-state index in [0.717, 1.165) is 11.3 Å². The molecule has 0 aliphatic rings. The van der Waals surface area contributed by atoms with Gasteiger partial charge in [-0.3, -0.25) is 4.79 Å². The number of ether oxygens (including phenoxy) is 2. The molecule has 0 saturated carbocycles. The Labute approximate surface area is 137 Å². The smallest absolute Gasteiger partial charge is 0.251 e. The Bertz CT molecular complexity index is 596. The summed E-state index contributed by atoms with van der Waals surface area (Å²) in [5.41, 5.74) is 1.70. The highest BCUT2D eigenvalue weighted by atomic mass is 16.5. The lowest BCUT2D eigenvalue weighted by Crippen LogP contribution is -2.26. The second kappa shape index (κ2) is 8.96. The molecule has 1 amide bonds. The van der Waals surface area contributed by atoms with E-state index in [4.69, 9.17) is 9.47 Å². The summed E-state index contributed by atoms with van der Waals surface area (Å²) in [6.45, 7) is 5.67. The Morgan fingerprint density at radius 3 is 2.39 bits per heavy atom. The molecule has 2 rings (SSSR count). The number of amides is 1. The minimum absolute atomic E-state index is 0.0363. The van der Waals surface area contributed by atoms with Gasteiger partial charge in [0.1, 0.15) is 12.4 Å². The molecule has 0 aliphatic heterocycles. The van der Waals surface area contributed by atoms with E-state index in [2.05, 4.69) is 5.32 Å². The Morgan fingerprint density at radius 2 is 1.74 bits per heavy atom. The lowest BCUT2D eigenvalue weighted by Gasteiger charge is -2.14. The van der Waals surface area contributed by atoms with Crippen LogP contribution in [-0.4, -0.2) is 25.7 Å². The maximum Gasteiger partial charge on any atom is 0.251 e. The van der Waals surface area contributed by atoms with E-state index >= 15 is 0 Å². The van der Waals surface area contributed by atoms with Crippen molar-refractivity contribution in [3.05, 3.63) is 65.7 Å². The predicted molar refractivity (Wildman–Crippen MR) is 90.8 cm³/mol. The fraction of sp³-hybridized carbons (Fsp3) is 0.316. The molecular formula is C19H23NO3. The first kappa shape index (κ1) is 17.0. The highest BCUT2D eigenvalue weighted by molar-refractivity contribution is 5.94. The first-order chi connectivity index (χ1) is 11.2. The van der Waals surface area contributed by atoms with Gasteiger partial charge in [-0.25, -0.2) is 0 Å². The Balaban J connectivity index is 1.87. The molecule has 23 heavy (non-hydrogen) atoms. The number of carbonyl (C=O) groups excluding carboxylic acids is 1. The predicted octanol–water partition coefficient (Wildman–Crippen LogP) is 3.59. The van der Waals surface area contributed by atoms with Gasteiger partial charge in [0.05, 0.1) is 12.6 Å². The van der Waals surface area contributed by atoms with E-state index in [1.165, 1.54) is 0 Å². The molecule has 1 N–H and O–H groups in total. The van der Waals surface area contributed by atoms with Gasteiger partial charge < -0.3 is 14.8 Å². The Morgan fingerprint density at radius 1 is 1.04 bits per heavy atom. The van der Waals surface area contributed by atoms with Crippen LogP contribution < -0.4 is 10.1 Å². The van der Waals surface area contributed by atoms with Crippen LogP contribution in [0.3, 0.4) is 0 Å². The largest absolute Gasteiger partial charge is 0.491 e. The highest BCUT2D eigenvalue weighted by Crippen LogP contribution is 2.15. The normalized spacial score (nSPS) is 11.7. The molecule has 0 saturated heterocycles. The third-order valence-electron chi connectivity index (χ3n) is 3.46. The van der Waals surface area contributed by atoms with Gasteiger partial charge in [0, 0.05) is 12.2 Å². The molecule has 4 nitrogen and oxygen atoms in total. The second-order valence-corrected chi connectivity index (χ2v) is 5.18. The van der Waals surface area contributed by atoms with Crippen molar-refractivity contribution >= 4 is 5.91 Å². The van der Waals surface area contributed by atoms with Crippen molar-refractivity contribution in [2.75, 3.05) is 19.8 Å². The van der Waals surface area contributed by atoms with Gasteiger partial charge in [0.2, 0.25) is 0 Å². The zero-order chi connectivity index (χ0) is 16.5. The molecule has 0 unspecified atom stereocenters. The van der Waals surface area contributed by atoms with Crippen molar-refractivity contribution in [2.24, 2.45) is 0 Å². The molecule has 0 bridgehead atoms. The summed E-state index contributed by atoms with van der Waals surface area (Å²) in [7, 11) is 0. The molecule has 0 aromatic heterocycles. The van der Waals surface area contributed by atoms with Crippen molar-refractivity contribution in [3.63, 3.8) is 0 Å². The molecule has 0 aliphatic carbocycles. The molecular weight excluding hydrogens is 290 g/mol. The molecule has 122 valence electrons. The van der Waals surface area contributed by atoms with Crippen molar-refractivity contribution in [1.82, 2.24) is 5.32 Å². The lowest BCUT2D eigenvalue weighted by atomic mass is 10.1. The fourth-order valence-electron chi connectivity index (χ4n) is 2.17. The number of carbonyl (C=O) groups is 1. The topological polar surface area (TPSA) is 47.6 Å². The van der Waals surface area contributed by atoms with Gasteiger partial charge in [0.15, 0.2) is 0 Å². The molecule has 0 heterocycles. The number of rotatable bonds is 8. The second-order valence-electron chi connectivity index (χ2n) is 5.18. The van der Waals surface area contributed by atoms with E-state index in [0.29, 0.717) is 25.4 Å². The van der Waals surface area contributed by atoms with Crippen LogP contribution in [0.5, 0.6) is 5.75 Å². The van der Waals surface area contributed by atoms with Crippen molar-refractivity contribution in [1.29, 1.82) is 0 Å². The summed E-state index contributed by atoms with van der Waals surface area (Å²) in [4.78, 5) is 12.3. The number of hydrogen-bond donors (Lipinski definition) is 1. The molecule has 2 aromatic carbocycles. The third-order valence-corrected chi connectivity index (χ3v) is 3.46.